The summed E-state index contributed by atoms with van der Waals surface area (Å²) < 4.78 is 0. The second kappa shape index (κ2) is 3.20. The minimum absolute atomic E-state index is 0.367. The van der Waals surface area contributed by atoms with E-state index in [4.69, 9.17) is 5.11 Å². The van der Waals surface area contributed by atoms with E-state index in [0.29, 0.717) is 5.56 Å². The molecule has 3 rings (SSSR count). The Kier molecular flexibility index (Phi) is 1.83. The van der Waals surface area contributed by atoms with Crippen molar-refractivity contribution in [3.63, 3.8) is 0 Å². The van der Waals surface area contributed by atoms with Crippen LogP contribution in [-0.4, -0.2) is 11.1 Å². The SMILES string of the molecule is O=C(O)c1ccc2c(c1)Cc1ccccc1-2. The molecule has 0 saturated carbocycles. The first kappa shape index (κ1) is 9.16. The molecule has 0 unspecified atom stereocenters. The summed E-state index contributed by atoms with van der Waals surface area (Å²) in [5.74, 6) is -0.862. The lowest BCUT2D eigenvalue weighted by Crippen LogP contribution is -1.96. The van der Waals surface area contributed by atoms with Crippen LogP contribution in [0.15, 0.2) is 42.5 Å². The fourth-order valence-electron chi connectivity index (χ4n) is 2.28. The Morgan fingerprint density at radius 3 is 2.56 bits per heavy atom. The van der Waals surface area contributed by atoms with Gasteiger partial charge in [0.2, 0.25) is 0 Å². The maximum absolute atomic E-state index is 10.9. The molecule has 2 heteroatoms. The number of carboxylic acid groups (broad SMARTS) is 1. The molecule has 2 aromatic carbocycles. The van der Waals surface area contributed by atoms with Gasteiger partial charge in [0.1, 0.15) is 0 Å². The summed E-state index contributed by atoms with van der Waals surface area (Å²) in [5, 5.41) is 8.93. The Bertz CT molecular complexity index is 585. The molecule has 0 aromatic heterocycles. The molecule has 0 radical (unpaired) electrons. The molecule has 1 aliphatic rings. The van der Waals surface area contributed by atoms with Crippen LogP contribution in [0.2, 0.25) is 0 Å². The summed E-state index contributed by atoms with van der Waals surface area (Å²) in [4.78, 5) is 10.9. The Hall–Kier alpha value is -2.09. The summed E-state index contributed by atoms with van der Waals surface area (Å²) >= 11 is 0. The molecular formula is C14H10O2. The van der Waals surface area contributed by atoms with Gasteiger partial charge in [0.05, 0.1) is 5.56 Å². The van der Waals surface area contributed by atoms with Crippen molar-refractivity contribution in [2.45, 2.75) is 6.42 Å². The number of aromatic carboxylic acids is 1. The fraction of sp³-hybridized carbons (Fsp3) is 0.0714. The monoisotopic (exact) mass is 210 g/mol. The van der Waals surface area contributed by atoms with Crippen LogP contribution < -0.4 is 0 Å². The van der Waals surface area contributed by atoms with Crippen LogP contribution in [-0.2, 0) is 6.42 Å². The van der Waals surface area contributed by atoms with Crippen molar-refractivity contribution in [3.8, 4) is 11.1 Å². The zero-order valence-corrected chi connectivity index (χ0v) is 8.60. The lowest BCUT2D eigenvalue weighted by molar-refractivity contribution is 0.0697. The van der Waals surface area contributed by atoms with Gasteiger partial charge in [-0.15, -0.1) is 0 Å². The number of hydrogen-bond donors (Lipinski definition) is 1. The van der Waals surface area contributed by atoms with Crippen molar-refractivity contribution < 1.29 is 9.90 Å². The summed E-state index contributed by atoms with van der Waals surface area (Å²) in [6.45, 7) is 0. The minimum Gasteiger partial charge on any atom is -0.478 e. The zero-order chi connectivity index (χ0) is 11.1. The molecule has 1 N–H and O–H groups in total. The number of carboxylic acids is 1. The molecule has 0 saturated heterocycles. The molecule has 0 aliphatic heterocycles. The van der Waals surface area contributed by atoms with Gasteiger partial charge in [0, 0.05) is 0 Å². The highest BCUT2D eigenvalue weighted by atomic mass is 16.4. The zero-order valence-electron chi connectivity index (χ0n) is 8.60. The van der Waals surface area contributed by atoms with Crippen LogP contribution >= 0.6 is 0 Å². The third-order valence-corrected chi connectivity index (χ3v) is 3.04. The van der Waals surface area contributed by atoms with E-state index in [9.17, 15) is 4.79 Å². The topological polar surface area (TPSA) is 37.3 Å². The van der Waals surface area contributed by atoms with Crippen LogP contribution in [0.25, 0.3) is 11.1 Å². The maximum Gasteiger partial charge on any atom is 0.335 e. The Morgan fingerprint density at radius 1 is 1.00 bits per heavy atom. The van der Waals surface area contributed by atoms with Crippen molar-refractivity contribution in [1.29, 1.82) is 0 Å². The maximum atomic E-state index is 10.9. The van der Waals surface area contributed by atoms with E-state index in [1.54, 1.807) is 12.1 Å². The number of rotatable bonds is 1. The molecule has 0 heterocycles. The first-order chi connectivity index (χ1) is 7.75. The highest BCUT2D eigenvalue weighted by molar-refractivity contribution is 5.90. The van der Waals surface area contributed by atoms with Gasteiger partial charge in [0.25, 0.3) is 0 Å². The Balaban J connectivity index is 2.18. The molecular weight excluding hydrogens is 200 g/mol. The summed E-state index contributed by atoms with van der Waals surface area (Å²) in [6.07, 6.45) is 0.840. The minimum atomic E-state index is -0.862. The van der Waals surface area contributed by atoms with E-state index < -0.39 is 5.97 Å². The first-order valence-electron chi connectivity index (χ1n) is 5.20. The number of benzene rings is 2. The Labute approximate surface area is 93.2 Å². The van der Waals surface area contributed by atoms with Gasteiger partial charge < -0.3 is 5.11 Å². The number of fused-ring (bicyclic) bond motifs is 3. The molecule has 78 valence electrons. The summed E-state index contributed by atoms with van der Waals surface area (Å²) in [7, 11) is 0. The van der Waals surface area contributed by atoms with Crippen LogP contribution in [0.3, 0.4) is 0 Å². The molecule has 2 nitrogen and oxygen atoms in total. The van der Waals surface area contributed by atoms with E-state index >= 15 is 0 Å². The Morgan fingerprint density at radius 2 is 1.75 bits per heavy atom. The largest absolute Gasteiger partial charge is 0.478 e. The third-order valence-electron chi connectivity index (χ3n) is 3.04. The third kappa shape index (κ3) is 1.23. The summed E-state index contributed by atoms with van der Waals surface area (Å²) in [5.41, 5.74) is 5.16. The molecule has 0 amide bonds. The van der Waals surface area contributed by atoms with Crippen LogP contribution in [0.1, 0.15) is 21.5 Å². The molecule has 0 atom stereocenters. The van der Waals surface area contributed by atoms with Crippen LogP contribution in [0.4, 0.5) is 0 Å². The summed E-state index contributed by atoms with van der Waals surface area (Å²) in [6, 6.07) is 13.6. The molecule has 0 fully saturated rings. The fourth-order valence-corrected chi connectivity index (χ4v) is 2.28. The van der Waals surface area contributed by atoms with E-state index in [2.05, 4.69) is 12.1 Å². The molecule has 0 bridgehead atoms. The van der Waals surface area contributed by atoms with Gasteiger partial charge in [0.15, 0.2) is 0 Å². The first-order valence-corrected chi connectivity index (χ1v) is 5.20. The standard InChI is InChI=1S/C14H10O2/c15-14(16)10-5-6-13-11(8-10)7-9-3-1-2-4-12(9)13/h1-6,8H,7H2,(H,15,16). The van der Waals surface area contributed by atoms with Gasteiger partial charge in [-0.25, -0.2) is 4.79 Å². The van der Waals surface area contributed by atoms with Gasteiger partial charge >= 0.3 is 5.97 Å². The van der Waals surface area contributed by atoms with Crippen molar-refractivity contribution in [2.24, 2.45) is 0 Å². The van der Waals surface area contributed by atoms with E-state index in [1.165, 1.54) is 16.7 Å². The lowest BCUT2D eigenvalue weighted by Gasteiger charge is -2.01. The predicted octanol–water partition coefficient (Wildman–Crippen LogP) is 2.96. The van der Waals surface area contributed by atoms with Crippen molar-refractivity contribution in [3.05, 3.63) is 59.2 Å². The molecule has 16 heavy (non-hydrogen) atoms. The number of hydrogen-bond acceptors (Lipinski definition) is 1. The smallest absolute Gasteiger partial charge is 0.335 e. The molecule has 0 spiro atoms. The average Bonchev–Trinajstić information content (AvgIpc) is 2.66. The van der Waals surface area contributed by atoms with Crippen molar-refractivity contribution in [2.75, 3.05) is 0 Å². The van der Waals surface area contributed by atoms with E-state index in [0.717, 1.165) is 12.0 Å². The van der Waals surface area contributed by atoms with Crippen LogP contribution in [0, 0.1) is 0 Å². The average molecular weight is 210 g/mol. The highest BCUT2D eigenvalue weighted by Crippen LogP contribution is 2.36. The predicted molar refractivity (Wildman–Crippen MR) is 61.6 cm³/mol. The lowest BCUT2D eigenvalue weighted by atomic mass is 10.0. The van der Waals surface area contributed by atoms with E-state index in [-0.39, 0.29) is 0 Å². The van der Waals surface area contributed by atoms with Crippen molar-refractivity contribution in [1.82, 2.24) is 0 Å². The van der Waals surface area contributed by atoms with Crippen LogP contribution in [0.5, 0.6) is 0 Å². The second-order valence-corrected chi connectivity index (χ2v) is 4.01. The quantitative estimate of drug-likeness (QED) is 0.670. The normalized spacial score (nSPS) is 12.0. The van der Waals surface area contributed by atoms with Gasteiger partial charge in [-0.05, 0) is 40.8 Å². The van der Waals surface area contributed by atoms with Gasteiger partial charge in [-0.3, -0.25) is 0 Å². The van der Waals surface area contributed by atoms with Gasteiger partial charge in [-0.2, -0.15) is 0 Å². The van der Waals surface area contributed by atoms with Crippen molar-refractivity contribution >= 4 is 5.97 Å². The van der Waals surface area contributed by atoms with E-state index in [1.807, 2.05) is 18.2 Å². The van der Waals surface area contributed by atoms with Gasteiger partial charge in [-0.1, -0.05) is 30.3 Å². The molecule has 2 aromatic rings. The second-order valence-electron chi connectivity index (χ2n) is 4.01. The number of carbonyl (C=O) groups is 1. The molecule has 1 aliphatic carbocycles. The highest BCUT2D eigenvalue weighted by Gasteiger charge is 2.18.